The van der Waals surface area contributed by atoms with Gasteiger partial charge in [0, 0.05) is 31.3 Å². The normalized spacial score (nSPS) is 18.5. The van der Waals surface area contributed by atoms with Crippen LogP contribution < -0.4 is 4.90 Å². The molecule has 1 fully saturated rings. The summed E-state index contributed by atoms with van der Waals surface area (Å²) in [4.78, 5) is 14.1. The average molecular weight is 364 g/mol. The summed E-state index contributed by atoms with van der Waals surface area (Å²) in [5, 5.41) is 0.258. The highest BCUT2D eigenvalue weighted by Gasteiger charge is 2.38. The zero-order chi connectivity index (χ0) is 18.7. The van der Waals surface area contributed by atoms with E-state index < -0.39 is 8.32 Å². The largest absolute Gasteiger partial charge is 0.462 e. The highest BCUT2D eigenvalue weighted by atomic mass is 28.4. The fraction of sp³-hybridized carbons (Fsp3) is 0.650. The van der Waals surface area contributed by atoms with Crippen molar-refractivity contribution in [3.8, 4) is 0 Å². The number of carbonyl (C=O) groups is 1. The number of ether oxygens (including phenoxy) is 1. The minimum absolute atomic E-state index is 0.254. The Bertz CT molecular complexity index is 578. The van der Waals surface area contributed by atoms with E-state index in [1.54, 1.807) is 0 Å². The average Bonchev–Trinajstić information content (AvgIpc) is 3.01. The second-order valence-corrected chi connectivity index (χ2v) is 13.2. The first kappa shape index (κ1) is 20.0. The molecule has 1 heterocycles. The van der Waals surface area contributed by atoms with Crippen molar-refractivity contribution in [1.82, 2.24) is 0 Å². The monoisotopic (exact) mass is 363 g/mol. The van der Waals surface area contributed by atoms with Crippen LogP contribution in [0.15, 0.2) is 24.3 Å². The third-order valence-electron chi connectivity index (χ3n) is 5.52. The van der Waals surface area contributed by atoms with Gasteiger partial charge in [-0.05, 0) is 55.7 Å². The van der Waals surface area contributed by atoms with Crippen LogP contribution in [0.3, 0.4) is 0 Å². The molecule has 0 N–H and O–H groups in total. The van der Waals surface area contributed by atoms with Gasteiger partial charge in [0.2, 0.25) is 0 Å². The van der Waals surface area contributed by atoms with Gasteiger partial charge in [0.15, 0.2) is 8.32 Å². The molecule has 0 saturated carbocycles. The molecule has 0 aromatic heterocycles. The molecule has 0 spiro atoms. The quantitative estimate of drug-likeness (QED) is 0.542. The van der Waals surface area contributed by atoms with Crippen LogP contribution in [0.25, 0.3) is 0 Å². The molecule has 5 heteroatoms. The molecule has 1 atom stereocenters. The zero-order valence-corrected chi connectivity index (χ0v) is 17.6. The Hall–Kier alpha value is -1.33. The van der Waals surface area contributed by atoms with Crippen molar-refractivity contribution in [2.75, 3.05) is 31.2 Å². The Kier molecular flexibility index (Phi) is 6.33. The summed E-state index contributed by atoms with van der Waals surface area (Å²) in [5.41, 5.74) is 1.78. The van der Waals surface area contributed by atoms with Crippen molar-refractivity contribution < 1.29 is 14.0 Å². The smallest absolute Gasteiger partial charge is 0.338 e. The van der Waals surface area contributed by atoms with Crippen molar-refractivity contribution in [1.29, 1.82) is 0 Å². The molecular weight excluding hydrogens is 330 g/mol. The third-order valence-corrected chi connectivity index (χ3v) is 10.0. The Labute approximate surface area is 153 Å². The number of anilines is 1. The van der Waals surface area contributed by atoms with E-state index in [-0.39, 0.29) is 11.0 Å². The van der Waals surface area contributed by atoms with Crippen molar-refractivity contribution in [3.05, 3.63) is 29.8 Å². The first-order chi connectivity index (χ1) is 11.6. The molecule has 1 saturated heterocycles. The topological polar surface area (TPSA) is 38.8 Å². The highest BCUT2D eigenvalue weighted by Crippen LogP contribution is 2.37. The van der Waals surface area contributed by atoms with Crippen LogP contribution >= 0.6 is 0 Å². The van der Waals surface area contributed by atoms with Gasteiger partial charge >= 0.3 is 5.97 Å². The minimum Gasteiger partial charge on any atom is -0.462 e. The number of benzene rings is 1. The molecule has 0 radical (unpaired) electrons. The Morgan fingerprint density at radius 3 is 2.44 bits per heavy atom. The summed E-state index contributed by atoms with van der Waals surface area (Å²) in [7, 11) is -1.67. The van der Waals surface area contributed by atoms with Crippen LogP contribution in [-0.4, -0.2) is 40.6 Å². The molecule has 25 heavy (non-hydrogen) atoms. The number of carbonyl (C=O) groups excluding carboxylic acids is 1. The first-order valence-corrected chi connectivity index (χ1v) is 12.2. The van der Waals surface area contributed by atoms with E-state index in [0.29, 0.717) is 18.1 Å². The molecule has 2 rings (SSSR count). The molecular formula is C20H33NO3Si. The predicted molar refractivity (Wildman–Crippen MR) is 106 cm³/mol. The summed E-state index contributed by atoms with van der Waals surface area (Å²) in [5.74, 6) is 0.329. The summed E-state index contributed by atoms with van der Waals surface area (Å²) in [6.07, 6.45) is 1.16. The molecule has 0 aliphatic carbocycles. The van der Waals surface area contributed by atoms with Gasteiger partial charge in [-0.25, -0.2) is 4.79 Å². The van der Waals surface area contributed by atoms with Gasteiger partial charge in [-0.15, -0.1) is 0 Å². The van der Waals surface area contributed by atoms with Gasteiger partial charge in [0.1, 0.15) is 0 Å². The molecule has 1 aliphatic rings. The fourth-order valence-corrected chi connectivity index (χ4v) is 3.85. The van der Waals surface area contributed by atoms with E-state index in [9.17, 15) is 4.79 Å². The molecule has 0 bridgehead atoms. The second kappa shape index (κ2) is 7.91. The van der Waals surface area contributed by atoms with Crippen LogP contribution in [0.4, 0.5) is 5.69 Å². The maximum absolute atomic E-state index is 11.7. The lowest BCUT2D eigenvalue weighted by atomic mass is 10.1. The van der Waals surface area contributed by atoms with Crippen LogP contribution in [0.2, 0.25) is 18.1 Å². The van der Waals surface area contributed by atoms with Crippen molar-refractivity contribution in [2.45, 2.75) is 52.2 Å². The predicted octanol–water partition coefficient (Wildman–Crippen LogP) is 4.71. The molecule has 1 aromatic carbocycles. The SMILES string of the molecule is CCOC(=O)c1ccc(N2CCC(CO[Si](C)(C)C(C)(C)C)C2)cc1. The number of rotatable bonds is 6. The van der Waals surface area contributed by atoms with E-state index in [2.05, 4.69) is 38.8 Å². The lowest BCUT2D eigenvalue weighted by Crippen LogP contribution is -2.42. The summed E-state index contributed by atoms with van der Waals surface area (Å²) >= 11 is 0. The van der Waals surface area contributed by atoms with Crippen molar-refractivity contribution in [3.63, 3.8) is 0 Å². The standard InChI is InChI=1S/C20H33NO3Si/c1-7-23-19(22)17-8-10-18(11-9-17)21-13-12-16(14-21)15-24-25(5,6)20(2,3)4/h8-11,16H,7,12-15H2,1-6H3. The summed E-state index contributed by atoms with van der Waals surface area (Å²) in [6, 6.07) is 7.74. The Balaban J connectivity index is 1.89. The van der Waals surface area contributed by atoms with Crippen LogP contribution in [0.1, 0.15) is 44.5 Å². The lowest BCUT2D eigenvalue weighted by molar-refractivity contribution is 0.0526. The zero-order valence-electron chi connectivity index (χ0n) is 16.6. The van der Waals surface area contributed by atoms with Gasteiger partial charge in [-0.1, -0.05) is 20.8 Å². The van der Waals surface area contributed by atoms with E-state index >= 15 is 0 Å². The highest BCUT2D eigenvalue weighted by molar-refractivity contribution is 6.74. The van der Waals surface area contributed by atoms with Gasteiger partial charge in [-0.3, -0.25) is 0 Å². The van der Waals surface area contributed by atoms with Gasteiger partial charge < -0.3 is 14.1 Å². The van der Waals surface area contributed by atoms with Crippen LogP contribution in [-0.2, 0) is 9.16 Å². The number of esters is 1. The molecule has 1 aliphatic heterocycles. The van der Waals surface area contributed by atoms with Crippen LogP contribution in [0, 0.1) is 5.92 Å². The molecule has 1 unspecified atom stereocenters. The third kappa shape index (κ3) is 5.08. The lowest BCUT2D eigenvalue weighted by Gasteiger charge is -2.37. The van der Waals surface area contributed by atoms with E-state index in [4.69, 9.17) is 9.16 Å². The van der Waals surface area contributed by atoms with E-state index in [1.807, 2.05) is 31.2 Å². The summed E-state index contributed by atoms with van der Waals surface area (Å²) in [6.45, 7) is 16.6. The molecule has 140 valence electrons. The van der Waals surface area contributed by atoms with Gasteiger partial charge in [0.05, 0.1) is 12.2 Å². The molecule has 4 nitrogen and oxygen atoms in total. The Morgan fingerprint density at radius 2 is 1.88 bits per heavy atom. The maximum Gasteiger partial charge on any atom is 0.338 e. The molecule has 1 aromatic rings. The van der Waals surface area contributed by atoms with Crippen molar-refractivity contribution in [2.24, 2.45) is 5.92 Å². The number of nitrogens with zero attached hydrogens (tertiary/aromatic N) is 1. The van der Waals surface area contributed by atoms with Crippen molar-refractivity contribution >= 4 is 20.0 Å². The second-order valence-electron chi connectivity index (χ2n) is 8.44. The summed E-state index contributed by atoms with van der Waals surface area (Å²) < 4.78 is 11.4. The number of hydrogen-bond acceptors (Lipinski definition) is 4. The fourth-order valence-electron chi connectivity index (χ4n) is 2.77. The van der Waals surface area contributed by atoms with Gasteiger partial charge in [-0.2, -0.15) is 0 Å². The van der Waals surface area contributed by atoms with Crippen LogP contribution in [0.5, 0.6) is 0 Å². The minimum atomic E-state index is -1.67. The van der Waals surface area contributed by atoms with E-state index in [0.717, 1.165) is 26.1 Å². The first-order valence-electron chi connectivity index (χ1n) is 9.30. The maximum atomic E-state index is 11.7. The van der Waals surface area contributed by atoms with Gasteiger partial charge in [0.25, 0.3) is 0 Å². The molecule has 0 amide bonds. The number of hydrogen-bond donors (Lipinski definition) is 0. The Morgan fingerprint density at radius 1 is 1.24 bits per heavy atom. The van der Waals surface area contributed by atoms with E-state index in [1.165, 1.54) is 5.69 Å².